The van der Waals surface area contributed by atoms with Crippen molar-refractivity contribution >= 4 is 17.8 Å². The first-order valence-electron chi connectivity index (χ1n) is 4.04. The summed E-state index contributed by atoms with van der Waals surface area (Å²) < 4.78 is 4.95. The Hall–Kier alpha value is -1.84. The molecule has 0 aromatic heterocycles. The van der Waals surface area contributed by atoms with E-state index < -0.39 is 0 Å². The van der Waals surface area contributed by atoms with Crippen molar-refractivity contribution in [2.45, 2.75) is 6.92 Å². The second-order valence-corrected chi connectivity index (χ2v) is 2.82. The zero-order chi connectivity index (χ0) is 10.7. The summed E-state index contributed by atoms with van der Waals surface area (Å²) in [4.78, 5) is 21.7. The number of aldehydes is 1. The first-order valence-corrected chi connectivity index (χ1v) is 4.04. The van der Waals surface area contributed by atoms with E-state index in [1.807, 2.05) is 0 Å². The Kier molecular flexibility index (Phi) is 2.86. The number of carbonyl (C=O) groups is 2. The van der Waals surface area contributed by atoms with Gasteiger partial charge in [0.05, 0.1) is 18.4 Å². The third-order valence-corrected chi connectivity index (χ3v) is 1.94. The maximum atomic E-state index is 11.1. The molecule has 14 heavy (non-hydrogen) atoms. The Morgan fingerprint density at radius 2 is 2.14 bits per heavy atom. The van der Waals surface area contributed by atoms with Gasteiger partial charge in [-0.2, -0.15) is 0 Å². The van der Waals surface area contributed by atoms with Crippen LogP contribution in [0.4, 0.5) is 5.69 Å². The van der Waals surface area contributed by atoms with Gasteiger partial charge in [0.2, 0.25) is 0 Å². The van der Waals surface area contributed by atoms with Crippen LogP contribution in [0.25, 0.3) is 0 Å². The number of hydrogen-bond donors (Lipinski definition) is 1. The molecule has 74 valence electrons. The molecule has 0 aliphatic rings. The van der Waals surface area contributed by atoms with Gasteiger partial charge in [-0.3, -0.25) is 9.59 Å². The molecule has 0 unspecified atom stereocenters. The van der Waals surface area contributed by atoms with Gasteiger partial charge in [-0.05, 0) is 19.1 Å². The number of nitrogen functional groups attached to an aromatic ring is 1. The van der Waals surface area contributed by atoms with Crippen molar-refractivity contribution < 1.29 is 14.3 Å². The summed E-state index contributed by atoms with van der Waals surface area (Å²) >= 11 is 0. The lowest BCUT2D eigenvalue weighted by atomic mass is 10.1. The predicted octanol–water partition coefficient (Wildman–Crippen LogP) is 1.29. The lowest BCUT2D eigenvalue weighted by Crippen LogP contribution is -2.04. The molecule has 0 radical (unpaired) electrons. The summed E-state index contributed by atoms with van der Waals surface area (Å²) in [5, 5.41) is 0. The lowest BCUT2D eigenvalue weighted by molar-refractivity contribution is 0.101. The van der Waals surface area contributed by atoms with E-state index in [4.69, 9.17) is 10.5 Å². The van der Waals surface area contributed by atoms with Crippen LogP contribution in [0.15, 0.2) is 12.1 Å². The van der Waals surface area contributed by atoms with Crippen molar-refractivity contribution in [3.8, 4) is 5.75 Å². The van der Waals surface area contributed by atoms with Crippen molar-refractivity contribution in [3.05, 3.63) is 23.3 Å². The van der Waals surface area contributed by atoms with Crippen molar-refractivity contribution in [2.75, 3.05) is 12.8 Å². The van der Waals surface area contributed by atoms with E-state index in [1.165, 1.54) is 26.2 Å². The van der Waals surface area contributed by atoms with Crippen LogP contribution in [0.5, 0.6) is 5.75 Å². The molecule has 0 heterocycles. The smallest absolute Gasteiger partial charge is 0.162 e. The average Bonchev–Trinajstić information content (AvgIpc) is 2.16. The summed E-state index contributed by atoms with van der Waals surface area (Å²) in [5.41, 5.74) is 6.59. The van der Waals surface area contributed by atoms with E-state index in [2.05, 4.69) is 0 Å². The third kappa shape index (κ3) is 1.59. The van der Waals surface area contributed by atoms with Gasteiger partial charge in [0.1, 0.15) is 0 Å². The van der Waals surface area contributed by atoms with E-state index in [0.717, 1.165) is 0 Å². The summed E-state index contributed by atoms with van der Waals surface area (Å²) in [7, 11) is 1.41. The Morgan fingerprint density at radius 1 is 1.50 bits per heavy atom. The van der Waals surface area contributed by atoms with Crippen LogP contribution in [0.3, 0.4) is 0 Å². The van der Waals surface area contributed by atoms with Crippen molar-refractivity contribution in [2.24, 2.45) is 0 Å². The van der Waals surface area contributed by atoms with Crippen LogP contribution in [0.1, 0.15) is 27.6 Å². The molecule has 4 nitrogen and oxygen atoms in total. The molecular weight excluding hydrogens is 182 g/mol. The molecule has 0 aliphatic heterocycles. The van der Waals surface area contributed by atoms with Gasteiger partial charge in [0.15, 0.2) is 17.8 Å². The second kappa shape index (κ2) is 3.91. The number of nitrogens with two attached hydrogens (primary N) is 1. The highest BCUT2D eigenvalue weighted by molar-refractivity contribution is 6.02. The highest BCUT2D eigenvalue weighted by Crippen LogP contribution is 2.28. The summed E-state index contributed by atoms with van der Waals surface area (Å²) in [6.07, 6.45) is 0.638. The largest absolute Gasteiger partial charge is 0.494 e. The molecular formula is C10H11NO3. The van der Waals surface area contributed by atoms with Gasteiger partial charge in [0.25, 0.3) is 0 Å². The van der Waals surface area contributed by atoms with E-state index in [9.17, 15) is 9.59 Å². The number of rotatable bonds is 3. The maximum Gasteiger partial charge on any atom is 0.162 e. The Balaban J connectivity index is 3.42. The predicted molar refractivity (Wildman–Crippen MR) is 52.8 cm³/mol. The van der Waals surface area contributed by atoms with Crippen molar-refractivity contribution in [1.82, 2.24) is 0 Å². The molecule has 2 N–H and O–H groups in total. The fraction of sp³-hybridized carbons (Fsp3) is 0.200. The normalized spacial score (nSPS) is 9.57. The van der Waals surface area contributed by atoms with Gasteiger partial charge in [-0.1, -0.05) is 0 Å². The summed E-state index contributed by atoms with van der Waals surface area (Å²) in [5.74, 6) is 0.103. The minimum Gasteiger partial charge on any atom is -0.494 e. The number of methoxy groups -OCH3 is 1. The monoisotopic (exact) mass is 193 g/mol. The quantitative estimate of drug-likeness (QED) is 0.446. The lowest BCUT2D eigenvalue weighted by Gasteiger charge is -2.09. The first kappa shape index (κ1) is 10.2. The molecule has 0 fully saturated rings. The van der Waals surface area contributed by atoms with Crippen LogP contribution in [-0.4, -0.2) is 19.2 Å². The van der Waals surface area contributed by atoms with Gasteiger partial charge in [-0.15, -0.1) is 0 Å². The van der Waals surface area contributed by atoms with Crippen LogP contribution in [-0.2, 0) is 0 Å². The summed E-state index contributed by atoms with van der Waals surface area (Å²) in [6, 6.07) is 3.03. The number of carbonyl (C=O) groups excluding carboxylic acids is 2. The molecule has 0 atom stereocenters. The van der Waals surface area contributed by atoms with E-state index >= 15 is 0 Å². The van der Waals surface area contributed by atoms with Crippen LogP contribution in [0.2, 0.25) is 0 Å². The van der Waals surface area contributed by atoms with Crippen molar-refractivity contribution in [1.29, 1.82) is 0 Å². The minimum absolute atomic E-state index is 0.154. The van der Waals surface area contributed by atoms with Gasteiger partial charge in [0, 0.05) is 5.56 Å². The summed E-state index contributed by atoms with van der Waals surface area (Å²) in [6.45, 7) is 1.41. The highest BCUT2D eigenvalue weighted by atomic mass is 16.5. The molecule has 0 saturated heterocycles. The third-order valence-electron chi connectivity index (χ3n) is 1.94. The maximum absolute atomic E-state index is 11.1. The molecule has 0 amide bonds. The van der Waals surface area contributed by atoms with Gasteiger partial charge in [-0.25, -0.2) is 0 Å². The van der Waals surface area contributed by atoms with Gasteiger partial charge >= 0.3 is 0 Å². The number of ketones is 1. The van der Waals surface area contributed by atoms with E-state index in [0.29, 0.717) is 17.4 Å². The number of hydrogen-bond acceptors (Lipinski definition) is 4. The average molecular weight is 193 g/mol. The zero-order valence-corrected chi connectivity index (χ0v) is 8.03. The topological polar surface area (TPSA) is 69.4 Å². The SMILES string of the molecule is COc1c(C=O)ccc(C(C)=O)c1N. The fourth-order valence-electron chi connectivity index (χ4n) is 1.24. The first-order chi connectivity index (χ1) is 6.61. The number of Topliss-reactive ketones (excluding diaryl/α,β-unsaturated/α-hetero) is 1. The highest BCUT2D eigenvalue weighted by Gasteiger charge is 2.13. The molecule has 1 aromatic rings. The molecule has 1 aromatic carbocycles. The molecule has 0 spiro atoms. The molecule has 0 bridgehead atoms. The minimum atomic E-state index is -0.154. The van der Waals surface area contributed by atoms with E-state index in [-0.39, 0.29) is 17.2 Å². The standard InChI is InChI=1S/C10H11NO3/c1-6(13)8-4-3-7(5-12)10(14-2)9(8)11/h3-5H,11H2,1-2H3. The Labute approximate surface area is 81.7 Å². The number of benzene rings is 1. The number of anilines is 1. The Bertz CT molecular complexity index is 385. The molecule has 0 aliphatic carbocycles. The fourth-order valence-corrected chi connectivity index (χ4v) is 1.24. The van der Waals surface area contributed by atoms with E-state index in [1.54, 1.807) is 0 Å². The molecule has 1 rings (SSSR count). The van der Waals surface area contributed by atoms with Gasteiger partial charge < -0.3 is 10.5 Å². The Morgan fingerprint density at radius 3 is 2.57 bits per heavy atom. The van der Waals surface area contributed by atoms with Crippen molar-refractivity contribution in [3.63, 3.8) is 0 Å². The molecule has 0 saturated carbocycles. The van der Waals surface area contributed by atoms with Crippen LogP contribution >= 0.6 is 0 Å². The second-order valence-electron chi connectivity index (χ2n) is 2.82. The van der Waals surface area contributed by atoms with Crippen LogP contribution < -0.4 is 10.5 Å². The zero-order valence-electron chi connectivity index (χ0n) is 8.03. The molecule has 4 heteroatoms. The number of ether oxygens (including phenoxy) is 1. The van der Waals surface area contributed by atoms with Crippen LogP contribution in [0, 0.1) is 0 Å².